The fourth-order valence-electron chi connectivity index (χ4n) is 2.91. The SMILES string of the molecule is O=C(COc1cccc(Cl)c1)NCC(=O)N1CCN(c2ccc(Cl)cc2)CC1. The molecule has 0 bridgehead atoms. The van der Waals surface area contributed by atoms with Crippen LogP contribution in [0.25, 0.3) is 0 Å². The first-order valence-electron chi connectivity index (χ1n) is 8.94. The van der Waals surface area contributed by atoms with Gasteiger partial charge in [0.2, 0.25) is 5.91 Å². The molecule has 0 atom stereocenters. The summed E-state index contributed by atoms with van der Waals surface area (Å²) < 4.78 is 5.36. The summed E-state index contributed by atoms with van der Waals surface area (Å²) in [6, 6.07) is 14.5. The number of rotatable bonds is 6. The number of benzene rings is 2. The predicted octanol–water partition coefficient (Wildman–Crippen LogP) is 2.84. The zero-order chi connectivity index (χ0) is 19.9. The predicted molar refractivity (Wildman–Crippen MR) is 110 cm³/mol. The van der Waals surface area contributed by atoms with E-state index in [-0.39, 0.29) is 25.0 Å². The molecule has 1 heterocycles. The van der Waals surface area contributed by atoms with Gasteiger partial charge in [0.25, 0.3) is 5.91 Å². The Kier molecular flexibility index (Phi) is 7.01. The van der Waals surface area contributed by atoms with Gasteiger partial charge in [0.1, 0.15) is 5.75 Å². The lowest BCUT2D eigenvalue weighted by Crippen LogP contribution is -2.51. The summed E-state index contributed by atoms with van der Waals surface area (Å²) in [5.74, 6) is 0.0484. The molecule has 0 radical (unpaired) electrons. The topological polar surface area (TPSA) is 61.9 Å². The van der Waals surface area contributed by atoms with E-state index in [0.717, 1.165) is 18.8 Å². The number of hydrogen-bond acceptors (Lipinski definition) is 4. The van der Waals surface area contributed by atoms with Crippen molar-refractivity contribution in [3.05, 3.63) is 58.6 Å². The van der Waals surface area contributed by atoms with Crippen molar-refractivity contribution in [2.75, 3.05) is 44.2 Å². The molecule has 8 heteroatoms. The highest BCUT2D eigenvalue weighted by molar-refractivity contribution is 6.30. The Labute approximate surface area is 174 Å². The molecule has 1 N–H and O–H groups in total. The van der Waals surface area contributed by atoms with E-state index in [1.54, 1.807) is 29.2 Å². The van der Waals surface area contributed by atoms with Gasteiger partial charge >= 0.3 is 0 Å². The van der Waals surface area contributed by atoms with Crippen LogP contribution < -0.4 is 15.0 Å². The first kappa shape index (κ1) is 20.3. The van der Waals surface area contributed by atoms with Gasteiger partial charge in [-0.25, -0.2) is 0 Å². The highest BCUT2D eigenvalue weighted by Crippen LogP contribution is 2.19. The van der Waals surface area contributed by atoms with Crippen molar-refractivity contribution in [3.8, 4) is 5.75 Å². The molecular weight excluding hydrogens is 401 g/mol. The first-order chi connectivity index (χ1) is 13.5. The van der Waals surface area contributed by atoms with Crippen molar-refractivity contribution in [3.63, 3.8) is 0 Å². The van der Waals surface area contributed by atoms with E-state index in [0.29, 0.717) is 28.9 Å². The van der Waals surface area contributed by atoms with Crippen LogP contribution in [-0.2, 0) is 9.59 Å². The maximum Gasteiger partial charge on any atom is 0.258 e. The standard InChI is InChI=1S/C20H21Cl2N3O3/c21-15-4-6-17(7-5-15)24-8-10-25(11-9-24)20(27)13-23-19(26)14-28-18-3-1-2-16(22)12-18/h1-7,12H,8-11,13-14H2,(H,23,26). The highest BCUT2D eigenvalue weighted by Gasteiger charge is 2.21. The molecule has 148 valence electrons. The molecule has 1 saturated heterocycles. The van der Waals surface area contributed by atoms with Crippen LogP contribution in [0, 0.1) is 0 Å². The number of amides is 2. The number of nitrogens with one attached hydrogen (secondary N) is 1. The lowest BCUT2D eigenvalue weighted by molar-refractivity contribution is -0.133. The monoisotopic (exact) mass is 421 g/mol. The molecule has 1 fully saturated rings. The Morgan fingerprint density at radius 1 is 0.964 bits per heavy atom. The number of halogens is 2. The van der Waals surface area contributed by atoms with Gasteiger partial charge in [-0.2, -0.15) is 0 Å². The van der Waals surface area contributed by atoms with E-state index in [1.165, 1.54) is 0 Å². The quantitative estimate of drug-likeness (QED) is 0.778. The van der Waals surface area contributed by atoms with Crippen molar-refractivity contribution < 1.29 is 14.3 Å². The normalized spacial score (nSPS) is 13.9. The Morgan fingerprint density at radius 2 is 1.68 bits per heavy atom. The fraction of sp³-hybridized carbons (Fsp3) is 0.300. The molecule has 0 aliphatic carbocycles. The Bertz CT molecular complexity index is 822. The van der Waals surface area contributed by atoms with Gasteiger partial charge in [-0.1, -0.05) is 29.3 Å². The van der Waals surface area contributed by atoms with Gasteiger partial charge < -0.3 is 19.9 Å². The van der Waals surface area contributed by atoms with Crippen LogP contribution in [0.2, 0.25) is 10.0 Å². The lowest BCUT2D eigenvalue weighted by atomic mass is 10.2. The minimum absolute atomic E-state index is 0.0430. The van der Waals surface area contributed by atoms with E-state index in [1.807, 2.05) is 24.3 Å². The summed E-state index contributed by atoms with van der Waals surface area (Å²) in [4.78, 5) is 28.2. The average Bonchev–Trinajstić information content (AvgIpc) is 2.71. The average molecular weight is 422 g/mol. The number of carbonyl (C=O) groups is 2. The molecule has 2 amide bonds. The van der Waals surface area contributed by atoms with E-state index in [9.17, 15) is 9.59 Å². The molecule has 28 heavy (non-hydrogen) atoms. The van der Waals surface area contributed by atoms with E-state index < -0.39 is 0 Å². The van der Waals surface area contributed by atoms with Crippen LogP contribution >= 0.6 is 23.2 Å². The summed E-state index contributed by atoms with van der Waals surface area (Å²) in [6.07, 6.45) is 0. The molecule has 2 aromatic carbocycles. The number of piperazine rings is 1. The summed E-state index contributed by atoms with van der Waals surface area (Å²) in [5.41, 5.74) is 1.09. The molecule has 0 spiro atoms. The number of hydrogen-bond donors (Lipinski definition) is 1. The molecule has 0 aromatic heterocycles. The van der Waals surface area contributed by atoms with Gasteiger partial charge in [0.15, 0.2) is 6.61 Å². The first-order valence-corrected chi connectivity index (χ1v) is 9.70. The molecule has 1 aliphatic heterocycles. The van der Waals surface area contributed by atoms with E-state index >= 15 is 0 Å². The zero-order valence-corrected chi connectivity index (χ0v) is 16.7. The van der Waals surface area contributed by atoms with Gasteiger partial charge in [-0.15, -0.1) is 0 Å². The Hall–Kier alpha value is -2.44. The van der Waals surface area contributed by atoms with E-state index in [4.69, 9.17) is 27.9 Å². The van der Waals surface area contributed by atoms with Gasteiger partial charge in [0.05, 0.1) is 6.54 Å². The van der Waals surface area contributed by atoms with Crippen LogP contribution in [-0.4, -0.2) is 56.0 Å². The van der Waals surface area contributed by atoms with Crippen molar-refractivity contribution in [1.29, 1.82) is 0 Å². The fourth-order valence-corrected chi connectivity index (χ4v) is 3.21. The summed E-state index contributed by atoms with van der Waals surface area (Å²) in [5, 5.41) is 3.83. The largest absolute Gasteiger partial charge is 0.484 e. The number of nitrogens with zero attached hydrogens (tertiary/aromatic N) is 2. The third-order valence-corrected chi connectivity index (χ3v) is 4.91. The van der Waals surface area contributed by atoms with Crippen LogP contribution in [0.15, 0.2) is 48.5 Å². The third-order valence-electron chi connectivity index (χ3n) is 4.43. The third kappa shape index (κ3) is 5.78. The number of ether oxygens (including phenoxy) is 1. The smallest absolute Gasteiger partial charge is 0.258 e. The molecule has 0 unspecified atom stereocenters. The van der Waals surface area contributed by atoms with Crippen molar-refractivity contribution in [2.45, 2.75) is 0 Å². The minimum Gasteiger partial charge on any atom is -0.484 e. The van der Waals surface area contributed by atoms with Crippen LogP contribution in [0.5, 0.6) is 5.75 Å². The summed E-state index contributed by atoms with van der Waals surface area (Å²) in [7, 11) is 0. The minimum atomic E-state index is -0.354. The Morgan fingerprint density at radius 3 is 2.36 bits per heavy atom. The second kappa shape index (κ2) is 9.66. The van der Waals surface area contributed by atoms with Crippen LogP contribution in [0.3, 0.4) is 0 Å². The molecule has 6 nitrogen and oxygen atoms in total. The van der Waals surface area contributed by atoms with Gasteiger partial charge in [-0.3, -0.25) is 9.59 Å². The summed E-state index contributed by atoms with van der Waals surface area (Å²) in [6.45, 7) is 2.47. The number of carbonyl (C=O) groups excluding carboxylic acids is 2. The van der Waals surface area contributed by atoms with Crippen molar-refractivity contribution >= 4 is 40.7 Å². The van der Waals surface area contributed by atoms with E-state index in [2.05, 4.69) is 10.2 Å². The highest BCUT2D eigenvalue weighted by atomic mass is 35.5. The van der Waals surface area contributed by atoms with Crippen LogP contribution in [0.4, 0.5) is 5.69 Å². The second-order valence-corrected chi connectivity index (χ2v) is 7.24. The molecule has 0 saturated carbocycles. The van der Waals surface area contributed by atoms with Gasteiger partial charge in [-0.05, 0) is 42.5 Å². The maximum atomic E-state index is 12.3. The second-order valence-electron chi connectivity index (χ2n) is 6.37. The molecule has 3 rings (SSSR count). The molecule has 1 aliphatic rings. The van der Waals surface area contributed by atoms with Crippen molar-refractivity contribution in [2.24, 2.45) is 0 Å². The lowest BCUT2D eigenvalue weighted by Gasteiger charge is -2.36. The van der Waals surface area contributed by atoms with Crippen LogP contribution in [0.1, 0.15) is 0 Å². The maximum absolute atomic E-state index is 12.3. The summed E-state index contributed by atoms with van der Waals surface area (Å²) >= 11 is 11.8. The van der Waals surface area contributed by atoms with Gasteiger partial charge in [0, 0.05) is 41.9 Å². The number of anilines is 1. The molecule has 2 aromatic rings. The Balaban J connectivity index is 1.38. The zero-order valence-electron chi connectivity index (χ0n) is 15.2. The van der Waals surface area contributed by atoms with Crippen molar-refractivity contribution in [1.82, 2.24) is 10.2 Å². The molecular formula is C20H21Cl2N3O3.